The molecule has 0 aliphatic rings. The lowest BCUT2D eigenvalue weighted by Crippen LogP contribution is -2.11. The molecular weight excluding hydrogens is 324 g/mol. The van der Waals surface area contributed by atoms with Crippen LogP contribution in [0.15, 0.2) is 77.9 Å². The number of aromatic nitrogens is 1. The van der Waals surface area contributed by atoms with Crippen molar-refractivity contribution in [2.24, 2.45) is 4.99 Å². The average Bonchev–Trinajstić information content (AvgIpc) is 2.62. The number of aliphatic imine (C=N–C) groups is 1. The van der Waals surface area contributed by atoms with Gasteiger partial charge >= 0.3 is 0 Å². The Labute approximate surface area is 150 Å². The number of nitrogens with zero attached hydrogens (tertiary/aromatic N) is 2. The predicted molar refractivity (Wildman–Crippen MR) is 105 cm³/mol. The average molecular weight is 345 g/mol. The molecule has 1 heterocycles. The maximum Gasteiger partial charge on any atom is 0.274 e. The lowest BCUT2D eigenvalue weighted by atomic mass is 10.1. The van der Waals surface area contributed by atoms with E-state index in [1.54, 1.807) is 0 Å². The highest BCUT2D eigenvalue weighted by atomic mass is 28.3. The second kappa shape index (κ2) is 7.90. The third-order valence-corrected chi connectivity index (χ3v) is 4.24. The van der Waals surface area contributed by atoms with Crippen molar-refractivity contribution in [1.29, 1.82) is 0 Å². The fourth-order valence-corrected chi connectivity index (χ4v) is 3.06. The van der Waals surface area contributed by atoms with Gasteiger partial charge in [0.15, 0.2) is 0 Å². The molecule has 25 heavy (non-hydrogen) atoms. The summed E-state index contributed by atoms with van der Waals surface area (Å²) in [7, 11) is -0.863. The van der Waals surface area contributed by atoms with Crippen molar-refractivity contribution < 1.29 is 4.43 Å². The first-order chi connectivity index (χ1) is 12.1. The number of pyridine rings is 1. The van der Waals surface area contributed by atoms with Crippen molar-refractivity contribution in [2.45, 2.75) is 20.0 Å². The smallest absolute Gasteiger partial charge is 0.274 e. The van der Waals surface area contributed by atoms with E-state index < -0.39 is 9.04 Å². The lowest BCUT2D eigenvalue weighted by Gasteiger charge is -2.12. The zero-order valence-corrected chi connectivity index (χ0v) is 15.7. The summed E-state index contributed by atoms with van der Waals surface area (Å²) in [5, 5.41) is 0. The second-order valence-electron chi connectivity index (χ2n) is 6.03. The molecule has 1 aromatic heterocycles. The minimum Gasteiger partial charge on any atom is -0.541 e. The minimum atomic E-state index is -0.863. The quantitative estimate of drug-likeness (QED) is 0.471. The van der Waals surface area contributed by atoms with Crippen molar-refractivity contribution in [3.05, 3.63) is 89.7 Å². The van der Waals surface area contributed by atoms with E-state index in [4.69, 9.17) is 9.42 Å². The fourth-order valence-electron chi connectivity index (χ4n) is 2.45. The van der Waals surface area contributed by atoms with Crippen LogP contribution in [0.4, 0.5) is 5.69 Å². The number of aryl methyl sites for hydroxylation is 1. The van der Waals surface area contributed by atoms with Crippen LogP contribution in [0, 0.1) is 6.92 Å². The van der Waals surface area contributed by atoms with E-state index in [1.165, 1.54) is 0 Å². The minimum absolute atomic E-state index is 0.821. The Balaban J connectivity index is 2.12. The van der Waals surface area contributed by atoms with E-state index in [-0.39, 0.29) is 0 Å². The summed E-state index contributed by atoms with van der Waals surface area (Å²) in [6.07, 6.45) is 1.87. The highest BCUT2D eigenvalue weighted by Crippen LogP contribution is 2.29. The van der Waals surface area contributed by atoms with Crippen LogP contribution in [0.1, 0.15) is 16.8 Å². The van der Waals surface area contributed by atoms with E-state index in [0.29, 0.717) is 0 Å². The zero-order chi connectivity index (χ0) is 17.6. The first kappa shape index (κ1) is 17.1. The van der Waals surface area contributed by atoms with E-state index >= 15 is 0 Å². The monoisotopic (exact) mass is 345 g/mol. The number of hydrogen-bond acceptors (Lipinski definition) is 3. The van der Waals surface area contributed by atoms with Crippen molar-refractivity contribution in [2.75, 3.05) is 0 Å². The van der Waals surface area contributed by atoms with Crippen LogP contribution in [0.3, 0.4) is 0 Å². The Morgan fingerprint density at radius 2 is 1.64 bits per heavy atom. The van der Waals surface area contributed by atoms with Gasteiger partial charge in [0.1, 0.15) is 11.4 Å². The van der Waals surface area contributed by atoms with Crippen molar-refractivity contribution in [1.82, 2.24) is 4.98 Å². The molecule has 0 spiro atoms. The van der Waals surface area contributed by atoms with Gasteiger partial charge in [-0.25, -0.2) is 4.99 Å². The summed E-state index contributed by atoms with van der Waals surface area (Å²) < 4.78 is 6.01. The molecular formula is C21H21N2OSi. The Kier molecular flexibility index (Phi) is 5.41. The van der Waals surface area contributed by atoms with Crippen LogP contribution in [0.2, 0.25) is 13.1 Å². The maximum absolute atomic E-state index is 6.01. The second-order valence-corrected chi connectivity index (χ2v) is 8.05. The molecule has 0 N–H and O–H groups in total. The zero-order valence-electron chi connectivity index (χ0n) is 14.7. The standard InChI is InChI=1S/C21H21N2OSi/c1-16-13-14-19(22-15-16)21(17-9-5-4-6-10-17)23-18-11-7-8-12-20(18)24-25(2)3/h4-15H,1-3H3. The van der Waals surface area contributed by atoms with Crippen LogP contribution in [0.5, 0.6) is 5.75 Å². The van der Waals surface area contributed by atoms with E-state index in [0.717, 1.165) is 34.0 Å². The first-order valence-electron chi connectivity index (χ1n) is 8.27. The number of rotatable bonds is 5. The van der Waals surface area contributed by atoms with Crippen LogP contribution < -0.4 is 4.43 Å². The Hall–Kier alpha value is -2.72. The molecule has 0 aliphatic heterocycles. The molecule has 0 atom stereocenters. The molecule has 3 rings (SSSR count). The van der Waals surface area contributed by atoms with Crippen LogP contribution in [-0.4, -0.2) is 19.7 Å². The number of para-hydroxylation sites is 2. The largest absolute Gasteiger partial charge is 0.541 e. The van der Waals surface area contributed by atoms with Gasteiger partial charge in [-0.15, -0.1) is 0 Å². The van der Waals surface area contributed by atoms with Gasteiger partial charge in [0.25, 0.3) is 9.04 Å². The van der Waals surface area contributed by atoms with Gasteiger partial charge in [-0.1, -0.05) is 48.5 Å². The molecule has 0 aliphatic carbocycles. The third-order valence-electron chi connectivity index (χ3n) is 3.61. The summed E-state index contributed by atoms with van der Waals surface area (Å²) in [4.78, 5) is 9.50. The Morgan fingerprint density at radius 3 is 2.32 bits per heavy atom. The number of hydrogen-bond donors (Lipinski definition) is 0. The van der Waals surface area contributed by atoms with Crippen LogP contribution in [0.25, 0.3) is 0 Å². The van der Waals surface area contributed by atoms with E-state index in [9.17, 15) is 0 Å². The molecule has 0 amide bonds. The van der Waals surface area contributed by atoms with Crippen LogP contribution in [-0.2, 0) is 0 Å². The third kappa shape index (κ3) is 4.42. The first-order valence-corrected chi connectivity index (χ1v) is 10.7. The molecule has 0 saturated carbocycles. The van der Waals surface area contributed by atoms with Crippen molar-refractivity contribution in [3.8, 4) is 5.75 Å². The SMILES string of the molecule is Cc1ccc(C(=Nc2ccccc2O[Si](C)C)c2ccccc2)nc1. The maximum atomic E-state index is 6.01. The topological polar surface area (TPSA) is 34.5 Å². The van der Waals surface area contributed by atoms with Crippen LogP contribution >= 0.6 is 0 Å². The van der Waals surface area contributed by atoms with Gasteiger partial charge in [-0.2, -0.15) is 0 Å². The highest BCUT2D eigenvalue weighted by Gasteiger charge is 2.11. The summed E-state index contributed by atoms with van der Waals surface area (Å²) in [5.41, 5.74) is 4.69. The highest BCUT2D eigenvalue weighted by molar-refractivity contribution is 6.49. The van der Waals surface area contributed by atoms with Gasteiger partial charge in [0, 0.05) is 11.8 Å². The molecule has 0 saturated heterocycles. The summed E-state index contributed by atoms with van der Waals surface area (Å²) >= 11 is 0. The van der Waals surface area contributed by atoms with Crippen molar-refractivity contribution >= 4 is 20.4 Å². The lowest BCUT2D eigenvalue weighted by molar-refractivity contribution is 0.582. The van der Waals surface area contributed by atoms with E-state index in [2.05, 4.69) is 36.3 Å². The van der Waals surface area contributed by atoms with E-state index in [1.807, 2.05) is 61.7 Å². The fraction of sp³-hybridized carbons (Fsp3) is 0.143. The summed E-state index contributed by atoms with van der Waals surface area (Å²) in [6, 6.07) is 22.1. The molecule has 3 nitrogen and oxygen atoms in total. The Morgan fingerprint density at radius 1 is 0.920 bits per heavy atom. The Bertz CT molecular complexity index is 859. The van der Waals surface area contributed by atoms with Gasteiger partial charge in [0.05, 0.1) is 11.4 Å². The molecule has 2 aromatic carbocycles. The molecule has 1 radical (unpaired) electrons. The van der Waals surface area contributed by atoms with Gasteiger partial charge in [-0.05, 0) is 43.8 Å². The summed E-state index contributed by atoms with van der Waals surface area (Å²) in [5.74, 6) is 0.821. The molecule has 0 unspecified atom stereocenters. The molecule has 125 valence electrons. The van der Waals surface area contributed by atoms with Gasteiger partial charge in [0.2, 0.25) is 0 Å². The predicted octanol–water partition coefficient (Wildman–Crippen LogP) is 5.19. The summed E-state index contributed by atoms with van der Waals surface area (Å²) in [6.45, 7) is 6.26. The van der Waals surface area contributed by atoms with Crippen molar-refractivity contribution in [3.63, 3.8) is 0 Å². The molecule has 0 fully saturated rings. The van der Waals surface area contributed by atoms with Gasteiger partial charge in [-0.3, -0.25) is 4.98 Å². The molecule has 0 bridgehead atoms. The number of benzene rings is 2. The normalized spacial score (nSPS) is 11.6. The molecule has 3 aromatic rings. The molecule has 4 heteroatoms. The van der Waals surface area contributed by atoms with Gasteiger partial charge < -0.3 is 4.43 Å².